The van der Waals surface area contributed by atoms with Gasteiger partial charge in [-0.15, -0.1) is 11.3 Å². The lowest BCUT2D eigenvalue weighted by Crippen LogP contribution is -2.45. The Bertz CT molecular complexity index is 760. The molecule has 0 unspecified atom stereocenters. The number of benzene rings is 1. The number of piperidine rings is 1. The Morgan fingerprint density at radius 2 is 2.20 bits per heavy atom. The van der Waals surface area contributed by atoms with Gasteiger partial charge in [0.2, 0.25) is 5.91 Å². The predicted molar refractivity (Wildman–Crippen MR) is 97.8 cm³/mol. The van der Waals surface area contributed by atoms with Crippen molar-refractivity contribution in [1.29, 1.82) is 0 Å². The third-order valence-electron chi connectivity index (χ3n) is 5.27. The number of carbonyl (C=O) groups excluding carboxylic acids is 1. The van der Waals surface area contributed by atoms with Gasteiger partial charge in [-0.05, 0) is 60.5 Å². The molecule has 4 rings (SSSR count). The summed E-state index contributed by atoms with van der Waals surface area (Å²) < 4.78 is 13.4. The van der Waals surface area contributed by atoms with Crippen molar-refractivity contribution in [2.45, 2.75) is 32.4 Å². The van der Waals surface area contributed by atoms with Gasteiger partial charge in [-0.1, -0.05) is 12.1 Å². The first-order valence-corrected chi connectivity index (χ1v) is 9.88. The topological polar surface area (TPSA) is 23.6 Å². The highest BCUT2D eigenvalue weighted by atomic mass is 32.1. The molecule has 0 radical (unpaired) electrons. The fourth-order valence-electron chi connectivity index (χ4n) is 3.99. The molecule has 25 heavy (non-hydrogen) atoms. The van der Waals surface area contributed by atoms with Crippen LogP contribution in [0.25, 0.3) is 0 Å². The Labute approximate surface area is 152 Å². The maximum absolute atomic E-state index is 13.4. The normalized spacial score (nSPS) is 21.2. The standard InChI is InChI=1S/C20H23FN2OS/c21-18-5-1-3-15(11-18)12-22-8-2-4-17(13-22)20(24)23-9-6-19-16(14-23)7-10-25-19/h1,3,5,7,10-11,17H,2,4,6,8-9,12-14H2/t17-/m0/s1. The van der Waals surface area contributed by atoms with E-state index in [-0.39, 0.29) is 11.7 Å². The predicted octanol–water partition coefficient (Wildman–Crippen LogP) is 3.68. The van der Waals surface area contributed by atoms with Crippen LogP contribution in [0, 0.1) is 11.7 Å². The second-order valence-electron chi connectivity index (χ2n) is 7.08. The summed E-state index contributed by atoms with van der Waals surface area (Å²) in [5, 5.41) is 2.12. The Hall–Kier alpha value is -1.72. The first-order valence-electron chi connectivity index (χ1n) is 9.00. The molecular formula is C20H23FN2OS. The van der Waals surface area contributed by atoms with Crippen molar-refractivity contribution >= 4 is 17.2 Å². The number of nitrogens with zero attached hydrogens (tertiary/aromatic N) is 2. The van der Waals surface area contributed by atoms with Crippen LogP contribution in [-0.4, -0.2) is 35.3 Å². The lowest BCUT2D eigenvalue weighted by molar-refractivity contribution is -0.138. The Morgan fingerprint density at radius 1 is 1.28 bits per heavy atom. The second-order valence-corrected chi connectivity index (χ2v) is 8.08. The van der Waals surface area contributed by atoms with E-state index in [1.54, 1.807) is 23.5 Å². The highest BCUT2D eigenvalue weighted by Crippen LogP contribution is 2.27. The van der Waals surface area contributed by atoms with Gasteiger partial charge < -0.3 is 4.90 Å². The minimum absolute atomic E-state index is 0.0718. The Morgan fingerprint density at radius 3 is 3.08 bits per heavy atom. The molecule has 0 N–H and O–H groups in total. The largest absolute Gasteiger partial charge is 0.338 e. The molecule has 132 valence electrons. The maximum atomic E-state index is 13.4. The van der Waals surface area contributed by atoms with Gasteiger partial charge in [0.15, 0.2) is 0 Å². The van der Waals surface area contributed by atoms with E-state index >= 15 is 0 Å². The molecule has 1 amide bonds. The van der Waals surface area contributed by atoms with Gasteiger partial charge in [-0.25, -0.2) is 4.39 Å². The monoisotopic (exact) mass is 358 g/mol. The molecule has 5 heteroatoms. The summed E-state index contributed by atoms with van der Waals surface area (Å²) in [6.45, 7) is 4.08. The fraction of sp³-hybridized carbons (Fsp3) is 0.450. The summed E-state index contributed by atoms with van der Waals surface area (Å²) >= 11 is 1.80. The SMILES string of the molecule is O=C([C@H]1CCCN(Cc2cccc(F)c2)C1)N1CCc2sccc2C1. The van der Waals surface area contributed by atoms with Crippen LogP contribution in [0.15, 0.2) is 35.7 Å². The van der Waals surface area contributed by atoms with Crippen molar-refractivity contribution in [2.75, 3.05) is 19.6 Å². The van der Waals surface area contributed by atoms with Crippen LogP contribution in [0.5, 0.6) is 0 Å². The van der Waals surface area contributed by atoms with Crippen molar-refractivity contribution in [3.05, 3.63) is 57.5 Å². The van der Waals surface area contributed by atoms with Gasteiger partial charge in [0.05, 0.1) is 5.92 Å². The number of thiophene rings is 1. The molecule has 1 fully saturated rings. The molecule has 2 aliphatic heterocycles. The molecule has 0 spiro atoms. The molecule has 1 aromatic heterocycles. The van der Waals surface area contributed by atoms with Crippen molar-refractivity contribution in [2.24, 2.45) is 5.92 Å². The molecule has 2 aliphatic rings. The second kappa shape index (κ2) is 7.26. The van der Waals surface area contributed by atoms with Gasteiger partial charge in [0, 0.05) is 31.1 Å². The summed E-state index contributed by atoms with van der Waals surface area (Å²) in [4.78, 5) is 18.7. The zero-order valence-corrected chi connectivity index (χ0v) is 15.1. The summed E-state index contributed by atoms with van der Waals surface area (Å²) in [7, 11) is 0. The maximum Gasteiger partial charge on any atom is 0.227 e. The number of rotatable bonds is 3. The molecular weight excluding hydrogens is 335 g/mol. The van der Waals surface area contributed by atoms with E-state index in [2.05, 4.69) is 16.3 Å². The highest BCUT2D eigenvalue weighted by Gasteiger charge is 2.31. The minimum Gasteiger partial charge on any atom is -0.338 e. The van der Waals surface area contributed by atoms with Crippen LogP contribution in [0.4, 0.5) is 4.39 Å². The van der Waals surface area contributed by atoms with Gasteiger partial charge in [0.1, 0.15) is 5.82 Å². The molecule has 0 saturated carbocycles. The zero-order valence-electron chi connectivity index (χ0n) is 14.3. The van der Waals surface area contributed by atoms with Crippen LogP contribution < -0.4 is 0 Å². The summed E-state index contributed by atoms with van der Waals surface area (Å²) in [6.07, 6.45) is 2.98. The van der Waals surface area contributed by atoms with Crippen LogP contribution in [0.3, 0.4) is 0 Å². The third-order valence-corrected chi connectivity index (χ3v) is 6.29. The first kappa shape index (κ1) is 16.7. The van der Waals surface area contributed by atoms with Crippen molar-refractivity contribution < 1.29 is 9.18 Å². The number of hydrogen-bond acceptors (Lipinski definition) is 3. The van der Waals surface area contributed by atoms with Crippen LogP contribution >= 0.6 is 11.3 Å². The minimum atomic E-state index is -0.193. The quantitative estimate of drug-likeness (QED) is 0.836. The number of carbonyl (C=O) groups is 1. The fourth-order valence-corrected chi connectivity index (χ4v) is 4.88. The molecule has 1 saturated heterocycles. The summed E-state index contributed by atoms with van der Waals surface area (Å²) in [5.74, 6) is 0.172. The lowest BCUT2D eigenvalue weighted by atomic mass is 9.95. The number of likely N-dealkylation sites (tertiary alicyclic amines) is 1. The first-order chi connectivity index (χ1) is 12.2. The molecule has 1 aromatic carbocycles. The number of amides is 1. The number of halogens is 1. The van der Waals surface area contributed by atoms with Gasteiger partial charge >= 0.3 is 0 Å². The van der Waals surface area contributed by atoms with E-state index in [1.807, 2.05) is 11.0 Å². The number of fused-ring (bicyclic) bond motifs is 1. The molecule has 3 nitrogen and oxygen atoms in total. The molecule has 2 aromatic rings. The molecule has 3 heterocycles. The van der Waals surface area contributed by atoms with Gasteiger partial charge in [-0.3, -0.25) is 9.69 Å². The van der Waals surface area contributed by atoms with E-state index in [4.69, 9.17) is 0 Å². The molecule has 0 bridgehead atoms. The molecule has 1 atom stereocenters. The molecule has 0 aliphatic carbocycles. The van der Waals surface area contributed by atoms with Crippen molar-refractivity contribution in [3.8, 4) is 0 Å². The van der Waals surface area contributed by atoms with E-state index in [0.29, 0.717) is 5.91 Å². The Kier molecular flexibility index (Phi) is 4.86. The van der Waals surface area contributed by atoms with E-state index in [0.717, 1.165) is 57.5 Å². The van der Waals surface area contributed by atoms with E-state index in [9.17, 15) is 9.18 Å². The third kappa shape index (κ3) is 3.77. The van der Waals surface area contributed by atoms with E-state index in [1.165, 1.54) is 16.5 Å². The summed E-state index contributed by atoms with van der Waals surface area (Å²) in [6, 6.07) is 8.92. The van der Waals surface area contributed by atoms with E-state index < -0.39 is 0 Å². The highest BCUT2D eigenvalue weighted by molar-refractivity contribution is 7.10. The van der Waals surface area contributed by atoms with Crippen LogP contribution in [-0.2, 0) is 24.3 Å². The Balaban J connectivity index is 1.38. The lowest BCUT2D eigenvalue weighted by Gasteiger charge is -2.36. The van der Waals surface area contributed by atoms with Crippen LogP contribution in [0.2, 0.25) is 0 Å². The van der Waals surface area contributed by atoms with Crippen LogP contribution in [0.1, 0.15) is 28.8 Å². The number of hydrogen-bond donors (Lipinski definition) is 0. The summed E-state index contributed by atoms with van der Waals surface area (Å²) in [5.41, 5.74) is 2.30. The zero-order chi connectivity index (χ0) is 17.2. The van der Waals surface area contributed by atoms with Gasteiger partial charge in [0.25, 0.3) is 0 Å². The van der Waals surface area contributed by atoms with Crippen molar-refractivity contribution in [1.82, 2.24) is 9.80 Å². The average Bonchev–Trinajstić information content (AvgIpc) is 3.09. The van der Waals surface area contributed by atoms with Gasteiger partial charge in [-0.2, -0.15) is 0 Å². The van der Waals surface area contributed by atoms with Crippen molar-refractivity contribution in [3.63, 3.8) is 0 Å². The average molecular weight is 358 g/mol. The smallest absolute Gasteiger partial charge is 0.227 e.